The lowest BCUT2D eigenvalue weighted by Gasteiger charge is -2.03. The summed E-state index contributed by atoms with van der Waals surface area (Å²) in [6.45, 7) is 3.95. The normalized spacial score (nSPS) is 10.0. The molecular weight excluding hydrogens is 190 g/mol. The zero-order valence-electron chi connectivity index (χ0n) is 9.04. The summed E-state index contributed by atoms with van der Waals surface area (Å²) in [5.41, 5.74) is 7.87. The molecule has 80 valence electrons. The molecule has 2 N–H and O–H groups in total. The van der Waals surface area contributed by atoms with E-state index in [1.807, 2.05) is 26.0 Å². The highest BCUT2D eigenvalue weighted by Crippen LogP contribution is 2.12. The van der Waals surface area contributed by atoms with Crippen LogP contribution in [0.3, 0.4) is 0 Å². The van der Waals surface area contributed by atoms with Gasteiger partial charge in [-0.3, -0.25) is 9.59 Å². The molecule has 3 nitrogen and oxygen atoms in total. The lowest BCUT2D eigenvalue weighted by atomic mass is 10.0. The number of nitrogens with two attached hydrogens (primary N) is 1. The van der Waals surface area contributed by atoms with Crippen LogP contribution in [-0.4, -0.2) is 11.7 Å². The van der Waals surface area contributed by atoms with Crippen molar-refractivity contribution < 1.29 is 9.59 Å². The molecule has 0 aromatic heterocycles. The Kier molecular flexibility index (Phi) is 3.61. The van der Waals surface area contributed by atoms with Crippen LogP contribution in [-0.2, 0) is 4.79 Å². The van der Waals surface area contributed by atoms with Crippen LogP contribution in [0.1, 0.15) is 34.3 Å². The first-order chi connectivity index (χ1) is 7.00. The van der Waals surface area contributed by atoms with Crippen LogP contribution in [0, 0.1) is 13.8 Å². The number of ketones is 1. The lowest BCUT2D eigenvalue weighted by molar-refractivity contribution is -0.118. The van der Waals surface area contributed by atoms with Gasteiger partial charge in [0.2, 0.25) is 5.91 Å². The van der Waals surface area contributed by atoms with Crippen LogP contribution in [0.15, 0.2) is 18.2 Å². The van der Waals surface area contributed by atoms with Gasteiger partial charge in [-0.1, -0.05) is 12.1 Å². The van der Waals surface area contributed by atoms with Crippen molar-refractivity contribution in [2.24, 2.45) is 5.73 Å². The molecule has 1 aromatic carbocycles. The summed E-state index contributed by atoms with van der Waals surface area (Å²) >= 11 is 0. The van der Waals surface area contributed by atoms with E-state index in [1.54, 1.807) is 6.07 Å². The van der Waals surface area contributed by atoms with E-state index in [4.69, 9.17) is 5.73 Å². The molecule has 0 spiro atoms. The van der Waals surface area contributed by atoms with Crippen molar-refractivity contribution in [1.29, 1.82) is 0 Å². The molecule has 0 aliphatic carbocycles. The maximum atomic E-state index is 11.6. The molecule has 0 radical (unpaired) electrons. The van der Waals surface area contributed by atoms with Gasteiger partial charge in [0.15, 0.2) is 5.78 Å². The maximum absolute atomic E-state index is 11.6. The van der Waals surface area contributed by atoms with Gasteiger partial charge < -0.3 is 5.73 Å². The van der Waals surface area contributed by atoms with E-state index >= 15 is 0 Å². The average Bonchev–Trinajstić information content (AvgIpc) is 2.18. The van der Waals surface area contributed by atoms with Crippen LogP contribution in [0.2, 0.25) is 0 Å². The average molecular weight is 205 g/mol. The molecule has 0 heterocycles. The van der Waals surface area contributed by atoms with Crippen LogP contribution in [0.25, 0.3) is 0 Å². The number of rotatable bonds is 4. The Morgan fingerprint density at radius 1 is 1.13 bits per heavy atom. The van der Waals surface area contributed by atoms with E-state index in [9.17, 15) is 9.59 Å². The number of hydrogen-bond acceptors (Lipinski definition) is 2. The van der Waals surface area contributed by atoms with Gasteiger partial charge in [0.1, 0.15) is 0 Å². The van der Waals surface area contributed by atoms with Gasteiger partial charge in [0.05, 0.1) is 0 Å². The molecule has 0 atom stereocenters. The van der Waals surface area contributed by atoms with Crippen LogP contribution < -0.4 is 5.73 Å². The highest BCUT2D eigenvalue weighted by Gasteiger charge is 2.08. The molecule has 0 unspecified atom stereocenters. The fraction of sp³-hybridized carbons (Fsp3) is 0.333. The Balaban J connectivity index is 2.74. The van der Waals surface area contributed by atoms with Gasteiger partial charge in [0.25, 0.3) is 0 Å². The van der Waals surface area contributed by atoms with Crippen molar-refractivity contribution in [2.75, 3.05) is 0 Å². The third kappa shape index (κ3) is 3.20. The molecule has 1 rings (SSSR count). The van der Waals surface area contributed by atoms with Crippen molar-refractivity contribution >= 4 is 11.7 Å². The molecule has 0 saturated carbocycles. The van der Waals surface area contributed by atoms with Gasteiger partial charge in [0, 0.05) is 18.4 Å². The molecular formula is C12H15NO2. The van der Waals surface area contributed by atoms with E-state index in [2.05, 4.69) is 0 Å². The predicted octanol–water partition coefficient (Wildman–Crippen LogP) is 1.75. The number of carbonyl (C=O) groups is 2. The second-order valence-electron chi connectivity index (χ2n) is 3.69. The molecule has 0 saturated heterocycles. The number of carbonyl (C=O) groups excluding carboxylic acids is 2. The Morgan fingerprint density at radius 3 is 2.33 bits per heavy atom. The lowest BCUT2D eigenvalue weighted by Crippen LogP contribution is -2.12. The van der Waals surface area contributed by atoms with Gasteiger partial charge in [-0.15, -0.1) is 0 Å². The Morgan fingerprint density at radius 2 is 1.80 bits per heavy atom. The van der Waals surface area contributed by atoms with Crippen LogP contribution in [0.5, 0.6) is 0 Å². The number of benzene rings is 1. The smallest absolute Gasteiger partial charge is 0.217 e. The van der Waals surface area contributed by atoms with Crippen molar-refractivity contribution in [3.05, 3.63) is 34.9 Å². The first kappa shape index (κ1) is 11.4. The summed E-state index contributed by atoms with van der Waals surface area (Å²) in [6, 6.07) is 5.54. The number of primary amides is 1. The van der Waals surface area contributed by atoms with E-state index in [0.29, 0.717) is 5.56 Å². The van der Waals surface area contributed by atoms with Crippen molar-refractivity contribution in [2.45, 2.75) is 26.7 Å². The number of Topliss-reactive ketones (excluding diaryl/α,β-unsaturated/α-hetero) is 1. The maximum Gasteiger partial charge on any atom is 0.217 e. The molecule has 15 heavy (non-hydrogen) atoms. The SMILES string of the molecule is Cc1ccc(C(=O)CCC(N)=O)cc1C. The number of aryl methyl sites for hydroxylation is 2. The first-order valence-electron chi connectivity index (χ1n) is 4.89. The van der Waals surface area contributed by atoms with Gasteiger partial charge >= 0.3 is 0 Å². The minimum atomic E-state index is -0.438. The quantitative estimate of drug-likeness (QED) is 0.761. The third-order valence-electron chi connectivity index (χ3n) is 2.43. The third-order valence-corrected chi connectivity index (χ3v) is 2.43. The Hall–Kier alpha value is -1.64. The van der Waals surface area contributed by atoms with Crippen LogP contribution >= 0.6 is 0 Å². The van der Waals surface area contributed by atoms with Gasteiger partial charge in [-0.05, 0) is 31.0 Å². The van der Waals surface area contributed by atoms with Crippen molar-refractivity contribution in [3.63, 3.8) is 0 Å². The second kappa shape index (κ2) is 4.73. The molecule has 1 amide bonds. The summed E-state index contributed by atoms with van der Waals surface area (Å²) in [5, 5.41) is 0. The van der Waals surface area contributed by atoms with Crippen molar-refractivity contribution in [1.82, 2.24) is 0 Å². The summed E-state index contributed by atoms with van der Waals surface area (Å²) in [6.07, 6.45) is 0.309. The van der Waals surface area contributed by atoms with Gasteiger partial charge in [-0.25, -0.2) is 0 Å². The molecule has 0 aliphatic heterocycles. The summed E-state index contributed by atoms with van der Waals surface area (Å²) in [7, 11) is 0. The molecule has 1 aromatic rings. The molecule has 3 heteroatoms. The van der Waals surface area contributed by atoms with E-state index in [0.717, 1.165) is 11.1 Å². The number of hydrogen-bond donors (Lipinski definition) is 1. The van der Waals surface area contributed by atoms with Crippen LogP contribution in [0.4, 0.5) is 0 Å². The highest BCUT2D eigenvalue weighted by molar-refractivity contribution is 5.98. The van der Waals surface area contributed by atoms with Gasteiger partial charge in [-0.2, -0.15) is 0 Å². The summed E-state index contributed by atoms with van der Waals surface area (Å²) < 4.78 is 0. The topological polar surface area (TPSA) is 60.2 Å². The summed E-state index contributed by atoms with van der Waals surface area (Å²) in [5.74, 6) is -0.468. The zero-order valence-corrected chi connectivity index (χ0v) is 9.04. The standard InChI is InChI=1S/C12H15NO2/c1-8-3-4-10(7-9(8)2)11(14)5-6-12(13)15/h3-4,7H,5-6H2,1-2H3,(H2,13,15). The zero-order chi connectivity index (χ0) is 11.4. The van der Waals surface area contributed by atoms with E-state index in [1.165, 1.54) is 0 Å². The Bertz CT molecular complexity index is 397. The van der Waals surface area contributed by atoms with E-state index < -0.39 is 5.91 Å². The van der Waals surface area contributed by atoms with E-state index in [-0.39, 0.29) is 18.6 Å². The summed E-state index contributed by atoms with van der Waals surface area (Å²) in [4.78, 5) is 22.1. The second-order valence-corrected chi connectivity index (χ2v) is 3.69. The van der Waals surface area contributed by atoms with Crippen molar-refractivity contribution in [3.8, 4) is 0 Å². The Labute approximate surface area is 89.3 Å². The fourth-order valence-corrected chi connectivity index (χ4v) is 1.30. The molecule has 0 bridgehead atoms. The molecule has 0 fully saturated rings. The highest BCUT2D eigenvalue weighted by atomic mass is 16.1. The predicted molar refractivity (Wildman–Crippen MR) is 58.7 cm³/mol. The largest absolute Gasteiger partial charge is 0.370 e. The minimum absolute atomic E-state index is 0.0306. The monoisotopic (exact) mass is 205 g/mol. The molecule has 0 aliphatic rings. The number of amides is 1. The fourth-order valence-electron chi connectivity index (χ4n) is 1.30. The first-order valence-corrected chi connectivity index (χ1v) is 4.89. The minimum Gasteiger partial charge on any atom is -0.370 e.